The molecule has 0 aliphatic carbocycles. The third-order valence-electron chi connectivity index (χ3n) is 4.06. The number of halogens is 2. The largest absolute Gasteiger partial charge is 0.488 e. The van der Waals surface area contributed by atoms with E-state index in [0.717, 1.165) is 11.1 Å². The zero-order chi connectivity index (χ0) is 20.8. The first-order valence-corrected chi connectivity index (χ1v) is 9.29. The summed E-state index contributed by atoms with van der Waals surface area (Å²) >= 11 is 3.44. The second kappa shape index (κ2) is 9.13. The molecule has 0 fully saturated rings. The zero-order valence-electron chi connectivity index (χ0n) is 15.0. The number of rotatable bonds is 6. The number of nitro benzene ring substituents is 1. The molecule has 0 saturated heterocycles. The number of nitrogens with zero attached hydrogens (tertiary/aromatic N) is 2. The quantitative estimate of drug-likeness (QED) is 0.195. The molecule has 3 aromatic carbocycles. The second-order valence-electron chi connectivity index (χ2n) is 6.08. The molecule has 0 aliphatic heterocycles. The van der Waals surface area contributed by atoms with E-state index in [0.29, 0.717) is 21.4 Å². The van der Waals surface area contributed by atoms with Gasteiger partial charge in [0.05, 0.1) is 21.0 Å². The fourth-order valence-corrected chi connectivity index (χ4v) is 3.11. The Bertz CT molecular complexity index is 1120. The number of hydrogen-bond acceptors (Lipinski definition) is 4. The van der Waals surface area contributed by atoms with Gasteiger partial charge in [-0.05, 0) is 63.0 Å². The summed E-state index contributed by atoms with van der Waals surface area (Å²) in [7, 11) is 0. The highest BCUT2D eigenvalue weighted by atomic mass is 79.9. The van der Waals surface area contributed by atoms with Gasteiger partial charge in [-0.3, -0.25) is 10.1 Å². The lowest BCUT2D eigenvalue weighted by Crippen LogP contribution is -1.96. The average molecular weight is 453 g/mol. The molecule has 0 radical (unpaired) electrons. The van der Waals surface area contributed by atoms with Crippen LogP contribution in [0.4, 0.5) is 10.1 Å². The molecule has 0 unspecified atom stereocenters. The highest BCUT2D eigenvalue weighted by molar-refractivity contribution is 9.10. The van der Waals surface area contributed by atoms with E-state index >= 15 is 0 Å². The van der Waals surface area contributed by atoms with Crippen LogP contribution < -0.4 is 4.74 Å². The minimum atomic E-state index is -0.498. The smallest absolute Gasteiger partial charge is 0.270 e. The molecule has 3 aromatic rings. The van der Waals surface area contributed by atoms with Crippen molar-refractivity contribution in [3.63, 3.8) is 0 Å². The van der Waals surface area contributed by atoms with Crippen molar-refractivity contribution in [3.05, 3.63) is 104 Å². The van der Waals surface area contributed by atoms with E-state index in [2.05, 4.69) is 22.0 Å². The van der Waals surface area contributed by atoms with E-state index in [1.807, 2.05) is 0 Å². The van der Waals surface area contributed by atoms with Crippen LogP contribution in [0, 0.1) is 27.3 Å². The van der Waals surface area contributed by atoms with Crippen molar-refractivity contribution < 1.29 is 14.1 Å². The molecule has 144 valence electrons. The van der Waals surface area contributed by atoms with Crippen molar-refractivity contribution in [2.75, 3.05) is 0 Å². The Morgan fingerprint density at radius 1 is 1.17 bits per heavy atom. The lowest BCUT2D eigenvalue weighted by Gasteiger charge is -2.09. The summed E-state index contributed by atoms with van der Waals surface area (Å²) in [5, 5.41) is 20.4. The van der Waals surface area contributed by atoms with Crippen LogP contribution in [-0.2, 0) is 6.61 Å². The van der Waals surface area contributed by atoms with Crippen LogP contribution >= 0.6 is 15.9 Å². The Balaban J connectivity index is 1.79. The molecule has 0 amide bonds. The van der Waals surface area contributed by atoms with Crippen LogP contribution in [0.1, 0.15) is 16.7 Å². The van der Waals surface area contributed by atoms with Crippen molar-refractivity contribution in [2.45, 2.75) is 6.61 Å². The van der Waals surface area contributed by atoms with Gasteiger partial charge in [0, 0.05) is 12.1 Å². The molecule has 7 heteroatoms. The molecular weight excluding hydrogens is 439 g/mol. The number of hydrogen-bond donors (Lipinski definition) is 0. The van der Waals surface area contributed by atoms with Gasteiger partial charge in [-0.1, -0.05) is 30.3 Å². The second-order valence-corrected chi connectivity index (χ2v) is 6.94. The van der Waals surface area contributed by atoms with E-state index in [1.165, 1.54) is 24.3 Å². The van der Waals surface area contributed by atoms with Crippen molar-refractivity contribution >= 4 is 33.3 Å². The fourth-order valence-electron chi connectivity index (χ4n) is 2.60. The maximum atomic E-state index is 13.0. The van der Waals surface area contributed by atoms with Gasteiger partial charge in [0.15, 0.2) is 0 Å². The Morgan fingerprint density at radius 2 is 1.93 bits per heavy atom. The van der Waals surface area contributed by atoms with Crippen molar-refractivity contribution in [1.29, 1.82) is 5.26 Å². The Labute approximate surface area is 175 Å². The predicted molar refractivity (Wildman–Crippen MR) is 111 cm³/mol. The molecular formula is C22H14BrFN2O3. The number of nitro groups is 1. The van der Waals surface area contributed by atoms with Gasteiger partial charge >= 0.3 is 0 Å². The van der Waals surface area contributed by atoms with Crippen LogP contribution in [0.15, 0.2) is 71.2 Å². The molecule has 0 bridgehead atoms. The monoisotopic (exact) mass is 452 g/mol. The Morgan fingerprint density at radius 3 is 2.59 bits per heavy atom. The van der Waals surface area contributed by atoms with Crippen LogP contribution in [0.3, 0.4) is 0 Å². The Kier molecular flexibility index (Phi) is 6.37. The summed E-state index contributed by atoms with van der Waals surface area (Å²) < 4.78 is 19.4. The molecule has 0 aromatic heterocycles. The molecule has 0 atom stereocenters. The van der Waals surface area contributed by atoms with Gasteiger partial charge in [-0.2, -0.15) is 5.26 Å². The highest BCUT2D eigenvalue weighted by Gasteiger charge is 2.10. The number of nitriles is 1. The first-order chi connectivity index (χ1) is 14.0. The average Bonchev–Trinajstić information content (AvgIpc) is 2.72. The molecule has 0 saturated carbocycles. The van der Waals surface area contributed by atoms with Gasteiger partial charge in [0.2, 0.25) is 0 Å². The zero-order valence-corrected chi connectivity index (χ0v) is 16.6. The number of ether oxygens (including phenoxy) is 1. The molecule has 5 nitrogen and oxygen atoms in total. The van der Waals surface area contributed by atoms with Gasteiger partial charge in [0.25, 0.3) is 5.69 Å². The van der Waals surface area contributed by atoms with Crippen LogP contribution in [0.25, 0.3) is 11.6 Å². The first kappa shape index (κ1) is 20.2. The molecule has 3 rings (SSSR count). The van der Waals surface area contributed by atoms with Gasteiger partial charge in [0.1, 0.15) is 18.2 Å². The lowest BCUT2D eigenvalue weighted by molar-refractivity contribution is -0.384. The van der Waals surface area contributed by atoms with Crippen molar-refractivity contribution in [3.8, 4) is 11.8 Å². The SMILES string of the molecule is N#CC(=Cc1ccc(OCc2ccc(F)cc2)c(Br)c1)c1cccc([N+](=O)[O-])c1. The lowest BCUT2D eigenvalue weighted by atomic mass is 10.0. The van der Waals surface area contributed by atoms with Crippen molar-refractivity contribution in [1.82, 2.24) is 0 Å². The topological polar surface area (TPSA) is 76.2 Å². The summed E-state index contributed by atoms with van der Waals surface area (Å²) in [6.45, 7) is 0.283. The number of non-ortho nitro benzene ring substituents is 1. The maximum absolute atomic E-state index is 13.0. The van der Waals surface area contributed by atoms with Crippen LogP contribution in [0.2, 0.25) is 0 Å². The van der Waals surface area contributed by atoms with Crippen molar-refractivity contribution in [2.24, 2.45) is 0 Å². The van der Waals surface area contributed by atoms with E-state index in [-0.39, 0.29) is 18.1 Å². The third kappa shape index (κ3) is 5.27. The van der Waals surface area contributed by atoms with E-state index < -0.39 is 4.92 Å². The fraction of sp³-hybridized carbons (Fsp3) is 0.0455. The number of allylic oxidation sites excluding steroid dienone is 1. The minimum absolute atomic E-state index is 0.0747. The Hall–Kier alpha value is -3.50. The maximum Gasteiger partial charge on any atom is 0.270 e. The van der Waals surface area contributed by atoms with Gasteiger partial charge in [-0.15, -0.1) is 0 Å². The molecule has 29 heavy (non-hydrogen) atoms. The normalized spacial score (nSPS) is 11.0. The first-order valence-electron chi connectivity index (χ1n) is 8.49. The summed E-state index contributed by atoms with van der Waals surface area (Å²) in [5.74, 6) is 0.295. The van der Waals surface area contributed by atoms with E-state index in [9.17, 15) is 19.8 Å². The predicted octanol–water partition coefficient (Wildman–Crippen LogP) is 6.14. The minimum Gasteiger partial charge on any atom is -0.488 e. The number of benzene rings is 3. The molecule has 0 aliphatic rings. The summed E-state index contributed by atoms with van der Waals surface area (Å²) in [6, 6.07) is 19.4. The molecule has 0 heterocycles. The molecule has 0 spiro atoms. The highest BCUT2D eigenvalue weighted by Crippen LogP contribution is 2.29. The van der Waals surface area contributed by atoms with E-state index in [4.69, 9.17) is 4.74 Å². The van der Waals surface area contributed by atoms with Crippen LogP contribution in [-0.4, -0.2) is 4.92 Å². The molecule has 0 N–H and O–H groups in total. The van der Waals surface area contributed by atoms with Gasteiger partial charge in [-0.25, -0.2) is 4.39 Å². The van der Waals surface area contributed by atoms with E-state index in [1.54, 1.807) is 48.5 Å². The summed E-state index contributed by atoms with van der Waals surface area (Å²) in [4.78, 5) is 10.5. The summed E-state index contributed by atoms with van der Waals surface area (Å²) in [5.41, 5.74) is 2.26. The van der Waals surface area contributed by atoms with Gasteiger partial charge < -0.3 is 4.74 Å². The van der Waals surface area contributed by atoms with Crippen LogP contribution in [0.5, 0.6) is 5.75 Å². The standard InChI is InChI=1S/C22H14BrFN2O3/c23-21-11-16(6-9-22(21)29-14-15-4-7-19(24)8-5-15)10-18(13-25)17-2-1-3-20(12-17)26(27)28/h1-12H,14H2. The third-order valence-corrected chi connectivity index (χ3v) is 4.68. The summed E-state index contributed by atoms with van der Waals surface area (Å²) in [6.07, 6.45) is 1.65.